The van der Waals surface area contributed by atoms with Gasteiger partial charge in [-0.3, -0.25) is 4.79 Å². The molecule has 5 rings (SSSR count). The Kier molecular flexibility index (Phi) is 8.32. The van der Waals surface area contributed by atoms with Crippen molar-refractivity contribution in [3.63, 3.8) is 0 Å². The number of carbonyl (C=O) groups excluding carboxylic acids is 1. The molecule has 2 saturated heterocycles. The predicted molar refractivity (Wildman–Crippen MR) is 146 cm³/mol. The van der Waals surface area contributed by atoms with Gasteiger partial charge in [-0.05, 0) is 50.8 Å². The average Bonchev–Trinajstić information content (AvgIpc) is 3.50. The summed E-state index contributed by atoms with van der Waals surface area (Å²) in [4.78, 5) is 22.7. The van der Waals surface area contributed by atoms with Crippen molar-refractivity contribution in [2.24, 2.45) is 5.73 Å². The number of hydrogen-bond acceptors (Lipinski definition) is 7. The average molecular weight is 543 g/mol. The molecule has 3 aromatic rings. The lowest BCUT2D eigenvalue weighted by atomic mass is 9.98. The van der Waals surface area contributed by atoms with E-state index in [2.05, 4.69) is 16.2 Å². The lowest BCUT2D eigenvalue weighted by molar-refractivity contribution is 0.0607. The summed E-state index contributed by atoms with van der Waals surface area (Å²) in [5, 5.41) is 11.8. The Hall–Kier alpha value is -3.20. The summed E-state index contributed by atoms with van der Waals surface area (Å²) in [5.41, 5.74) is 9.64. The fraction of sp³-hybridized carbons (Fsp3) is 0.440. The number of piperidine rings is 1. The van der Waals surface area contributed by atoms with E-state index in [1.807, 2.05) is 24.1 Å². The van der Waals surface area contributed by atoms with Gasteiger partial charge in [0.25, 0.3) is 5.91 Å². The van der Waals surface area contributed by atoms with E-state index in [9.17, 15) is 9.00 Å². The first-order valence-electron chi connectivity index (χ1n) is 12.1. The number of nitrogens with zero attached hydrogens (tertiary/aromatic N) is 6. The molecule has 196 valence electrons. The second-order valence-corrected chi connectivity index (χ2v) is 10.9. The number of rotatable bonds is 5. The first kappa shape index (κ1) is 26.9. The lowest BCUT2D eigenvalue weighted by Gasteiger charge is -2.35. The number of halogens is 1. The Labute approximate surface area is 224 Å². The molecule has 12 heteroatoms. The molecule has 10 nitrogen and oxygen atoms in total. The summed E-state index contributed by atoms with van der Waals surface area (Å²) >= 11 is 6.23. The number of nitrogens with one attached hydrogen (secondary N) is 1. The molecule has 2 fully saturated rings. The topological polar surface area (TPSA) is 133 Å². The summed E-state index contributed by atoms with van der Waals surface area (Å²) in [6.07, 6.45) is 7.21. The zero-order chi connectivity index (χ0) is 26.7. The van der Waals surface area contributed by atoms with Gasteiger partial charge in [-0.1, -0.05) is 11.6 Å². The monoisotopic (exact) mass is 542 g/mol. The molecule has 0 bridgehead atoms. The van der Waals surface area contributed by atoms with Gasteiger partial charge in [0.1, 0.15) is 16.8 Å². The molecule has 3 atom stereocenters. The Bertz CT molecular complexity index is 1340. The van der Waals surface area contributed by atoms with Crippen LogP contribution in [0.2, 0.25) is 5.02 Å². The van der Waals surface area contributed by atoms with Crippen molar-refractivity contribution in [1.82, 2.24) is 19.5 Å². The van der Waals surface area contributed by atoms with Gasteiger partial charge in [0, 0.05) is 61.4 Å². The van der Waals surface area contributed by atoms with Crippen LogP contribution in [0.25, 0.3) is 5.65 Å². The van der Waals surface area contributed by atoms with Gasteiger partial charge < -0.3 is 20.3 Å². The Balaban J connectivity index is 0.00000156. The van der Waals surface area contributed by atoms with E-state index < -0.39 is 11.0 Å². The number of nitriles is 1. The van der Waals surface area contributed by atoms with Crippen molar-refractivity contribution in [3.8, 4) is 6.57 Å². The number of hydrogen-bond donors (Lipinski definition) is 2. The number of carbonyl (C=O) groups is 1. The summed E-state index contributed by atoms with van der Waals surface area (Å²) in [6, 6.07) is 6.98. The highest BCUT2D eigenvalue weighted by Crippen LogP contribution is 2.34. The smallest absolute Gasteiger partial charge is 0.256 e. The van der Waals surface area contributed by atoms with E-state index in [0.717, 1.165) is 61.5 Å². The largest absolute Gasteiger partial charge is 0.355 e. The molecule has 1 aromatic carbocycles. The first-order chi connectivity index (χ1) is 17.8. The van der Waals surface area contributed by atoms with E-state index >= 15 is 0 Å². The standard InChI is InChI=1S/C24H30ClN7O2S.CHN/c1-15-13-32-22(27-23(15)30-10-8-17(26)14-30)12-20(28-32)21-5-3-4-9-31(21)24(33)18-11-16(25)6-7-19(18)29-35(2)34;1-2/h6-7,11-13,17,21,29H,3-5,8-10,14,26H2,1-2H3;1H. The van der Waals surface area contributed by atoms with Gasteiger partial charge in [0.15, 0.2) is 5.65 Å². The molecule has 2 aromatic heterocycles. The first-order valence-corrected chi connectivity index (χ1v) is 14.1. The van der Waals surface area contributed by atoms with Gasteiger partial charge in [-0.2, -0.15) is 5.10 Å². The second-order valence-electron chi connectivity index (χ2n) is 9.37. The normalized spacial score (nSPS) is 20.4. The number of likely N-dealkylation sites (tertiary alicyclic amines) is 1. The van der Waals surface area contributed by atoms with Gasteiger partial charge in [-0.25, -0.2) is 19.0 Å². The van der Waals surface area contributed by atoms with E-state index in [0.29, 0.717) is 22.8 Å². The zero-order valence-electron chi connectivity index (χ0n) is 20.9. The molecule has 2 aliphatic heterocycles. The maximum absolute atomic E-state index is 13.7. The van der Waals surface area contributed by atoms with Gasteiger partial charge >= 0.3 is 0 Å². The highest BCUT2D eigenvalue weighted by molar-refractivity contribution is 7.85. The van der Waals surface area contributed by atoms with Crippen LogP contribution in [-0.4, -0.2) is 61.5 Å². The molecule has 4 heterocycles. The number of anilines is 2. The van der Waals surface area contributed by atoms with Crippen molar-refractivity contribution in [3.05, 3.63) is 52.3 Å². The number of benzene rings is 1. The van der Waals surface area contributed by atoms with Crippen LogP contribution in [-0.2, 0) is 11.0 Å². The molecule has 3 unspecified atom stereocenters. The Morgan fingerprint density at radius 2 is 2.03 bits per heavy atom. The summed E-state index contributed by atoms with van der Waals surface area (Å²) in [6.45, 7) is 7.85. The minimum Gasteiger partial charge on any atom is -0.355 e. The number of fused-ring (bicyclic) bond motifs is 1. The van der Waals surface area contributed by atoms with Crippen LogP contribution in [0.3, 0.4) is 0 Å². The van der Waals surface area contributed by atoms with E-state index in [1.54, 1.807) is 22.7 Å². The molecule has 1 amide bonds. The van der Waals surface area contributed by atoms with Crippen molar-refractivity contribution in [2.45, 2.75) is 44.7 Å². The quantitative estimate of drug-likeness (QED) is 0.504. The Morgan fingerprint density at radius 1 is 1.24 bits per heavy atom. The number of aromatic nitrogens is 3. The zero-order valence-corrected chi connectivity index (χ0v) is 22.5. The van der Waals surface area contributed by atoms with Gasteiger partial charge in [-0.15, -0.1) is 0 Å². The lowest BCUT2D eigenvalue weighted by Crippen LogP contribution is -2.39. The van der Waals surface area contributed by atoms with Crippen molar-refractivity contribution in [1.29, 1.82) is 5.26 Å². The molecule has 2 aliphatic rings. The summed E-state index contributed by atoms with van der Waals surface area (Å²) in [7, 11) is -1.32. The van der Waals surface area contributed by atoms with Crippen LogP contribution in [0.1, 0.15) is 53.3 Å². The van der Waals surface area contributed by atoms with E-state index in [4.69, 9.17) is 32.7 Å². The van der Waals surface area contributed by atoms with E-state index in [1.165, 1.54) is 6.26 Å². The summed E-state index contributed by atoms with van der Waals surface area (Å²) in [5.74, 6) is 0.786. The second kappa shape index (κ2) is 11.5. The fourth-order valence-corrected chi connectivity index (χ4v) is 5.72. The molecule has 37 heavy (non-hydrogen) atoms. The molecular weight excluding hydrogens is 512 g/mol. The number of amides is 1. The van der Waals surface area contributed by atoms with Crippen LogP contribution in [0.5, 0.6) is 0 Å². The molecule has 0 spiro atoms. The van der Waals surface area contributed by atoms with Crippen molar-refractivity contribution >= 4 is 45.6 Å². The van der Waals surface area contributed by atoms with Crippen LogP contribution in [0, 0.1) is 18.8 Å². The maximum Gasteiger partial charge on any atom is 0.256 e. The van der Waals surface area contributed by atoms with Crippen molar-refractivity contribution in [2.75, 3.05) is 35.5 Å². The molecular formula is C25H31ClN8O2S. The van der Waals surface area contributed by atoms with Crippen molar-refractivity contribution < 1.29 is 9.00 Å². The van der Waals surface area contributed by atoms with Crippen LogP contribution in [0.4, 0.5) is 11.5 Å². The number of nitrogens with two attached hydrogens (primary N) is 1. The highest BCUT2D eigenvalue weighted by Gasteiger charge is 2.32. The minimum atomic E-state index is -1.32. The maximum atomic E-state index is 13.7. The highest BCUT2D eigenvalue weighted by atomic mass is 35.5. The molecule has 3 N–H and O–H groups in total. The third-order valence-corrected chi connectivity index (χ3v) is 7.46. The third-order valence-electron chi connectivity index (χ3n) is 6.72. The molecule has 0 saturated carbocycles. The van der Waals surface area contributed by atoms with Crippen LogP contribution < -0.4 is 15.4 Å². The molecule has 0 radical (unpaired) electrons. The third kappa shape index (κ3) is 5.71. The summed E-state index contributed by atoms with van der Waals surface area (Å²) < 4.78 is 16.5. The van der Waals surface area contributed by atoms with Crippen LogP contribution in [0.15, 0.2) is 30.5 Å². The van der Waals surface area contributed by atoms with Crippen LogP contribution >= 0.6 is 11.6 Å². The van der Waals surface area contributed by atoms with Gasteiger partial charge in [0.05, 0.1) is 23.0 Å². The minimum absolute atomic E-state index is 0.155. The van der Waals surface area contributed by atoms with E-state index in [-0.39, 0.29) is 18.0 Å². The molecule has 0 aliphatic carbocycles. The Morgan fingerprint density at radius 3 is 2.73 bits per heavy atom. The predicted octanol–water partition coefficient (Wildman–Crippen LogP) is 3.44. The fourth-order valence-electron chi connectivity index (χ4n) is 5.06. The van der Waals surface area contributed by atoms with Gasteiger partial charge in [0.2, 0.25) is 0 Å². The SMILES string of the molecule is C#N.Cc1cn2nc(C3CCCCN3C(=O)c3cc(Cl)ccc3NS(C)=O)cc2nc1N1CCC(N)C1. The number of aryl methyl sites for hydroxylation is 1.